The summed E-state index contributed by atoms with van der Waals surface area (Å²) >= 11 is 2.99. The number of thioether (sulfide) groups is 1. The molecule has 1 N–H and O–H groups in total. The van der Waals surface area contributed by atoms with E-state index in [1.165, 1.54) is 11.8 Å². The summed E-state index contributed by atoms with van der Waals surface area (Å²) in [4.78, 5) is 16.4. The molecule has 118 valence electrons. The Labute approximate surface area is 141 Å². The van der Waals surface area contributed by atoms with Crippen molar-refractivity contribution in [2.75, 3.05) is 5.75 Å². The van der Waals surface area contributed by atoms with E-state index in [9.17, 15) is 4.79 Å². The molecule has 0 bridgehead atoms. The van der Waals surface area contributed by atoms with Crippen molar-refractivity contribution in [3.8, 4) is 0 Å². The zero-order valence-corrected chi connectivity index (χ0v) is 14.3. The molecule has 5 nitrogen and oxygen atoms in total. The number of benzene rings is 1. The van der Waals surface area contributed by atoms with Gasteiger partial charge in [0.2, 0.25) is 0 Å². The molecule has 3 aromatic rings. The van der Waals surface area contributed by atoms with Crippen LogP contribution >= 0.6 is 23.1 Å². The SMILES string of the molecule is CC(=NNC(=O)CSc1nc2ccccc2s1)c1ccc(C)o1. The minimum atomic E-state index is -0.170. The number of carbonyl (C=O) groups is 1. The van der Waals surface area contributed by atoms with Crippen molar-refractivity contribution >= 4 is 44.9 Å². The second-order valence-electron chi connectivity index (χ2n) is 4.88. The third-order valence-corrected chi connectivity index (χ3v) is 5.23. The summed E-state index contributed by atoms with van der Waals surface area (Å²) in [6, 6.07) is 11.6. The van der Waals surface area contributed by atoms with Gasteiger partial charge in [-0.15, -0.1) is 11.3 Å². The molecule has 2 heterocycles. The summed E-state index contributed by atoms with van der Waals surface area (Å²) in [6.45, 7) is 3.66. The van der Waals surface area contributed by atoms with Gasteiger partial charge in [-0.1, -0.05) is 23.9 Å². The first kappa shape index (κ1) is 15.8. The summed E-state index contributed by atoms with van der Waals surface area (Å²) < 4.78 is 7.45. The number of thiazole rings is 1. The molecule has 1 aromatic carbocycles. The Morgan fingerprint density at radius 3 is 2.91 bits per heavy atom. The van der Waals surface area contributed by atoms with E-state index in [4.69, 9.17) is 4.42 Å². The second kappa shape index (κ2) is 6.97. The van der Waals surface area contributed by atoms with E-state index in [-0.39, 0.29) is 11.7 Å². The van der Waals surface area contributed by atoms with E-state index < -0.39 is 0 Å². The number of amides is 1. The normalized spacial score (nSPS) is 11.8. The molecule has 1 amide bonds. The van der Waals surface area contributed by atoms with Gasteiger partial charge in [-0.3, -0.25) is 4.79 Å². The van der Waals surface area contributed by atoms with Crippen molar-refractivity contribution in [2.24, 2.45) is 5.10 Å². The summed E-state index contributed by atoms with van der Waals surface area (Å²) in [6.07, 6.45) is 0. The second-order valence-corrected chi connectivity index (χ2v) is 7.13. The maximum Gasteiger partial charge on any atom is 0.250 e. The number of rotatable bonds is 5. The van der Waals surface area contributed by atoms with Gasteiger partial charge >= 0.3 is 0 Å². The first-order valence-electron chi connectivity index (χ1n) is 7.00. The lowest BCUT2D eigenvalue weighted by molar-refractivity contribution is -0.118. The smallest absolute Gasteiger partial charge is 0.250 e. The highest BCUT2D eigenvalue weighted by Crippen LogP contribution is 2.28. The van der Waals surface area contributed by atoms with Crippen LogP contribution in [0, 0.1) is 6.92 Å². The number of nitrogens with zero attached hydrogens (tertiary/aromatic N) is 2. The van der Waals surface area contributed by atoms with Crippen molar-refractivity contribution < 1.29 is 9.21 Å². The molecular weight excluding hydrogens is 330 g/mol. The van der Waals surface area contributed by atoms with Gasteiger partial charge in [0.1, 0.15) is 17.2 Å². The molecule has 0 aliphatic carbocycles. The zero-order chi connectivity index (χ0) is 16.2. The molecule has 0 aliphatic heterocycles. The van der Waals surface area contributed by atoms with Gasteiger partial charge in [-0.2, -0.15) is 5.10 Å². The first-order chi connectivity index (χ1) is 11.1. The molecule has 0 aliphatic rings. The van der Waals surface area contributed by atoms with Gasteiger partial charge in [0.25, 0.3) is 5.91 Å². The quantitative estimate of drug-likeness (QED) is 0.433. The Kier molecular flexibility index (Phi) is 4.78. The minimum Gasteiger partial charge on any atom is -0.460 e. The number of hydrogen-bond acceptors (Lipinski definition) is 6. The van der Waals surface area contributed by atoms with Gasteiger partial charge in [0, 0.05) is 0 Å². The van der Waals surface area contributed by atoms with Crippen molar-refractivity contribution in [1.82, 2.24) is 10.4 Å². The Hall–Kier alpha value is -2.12. The van der Waals surface area contributed by atoms with Crippen LogP contribution in [0.25, 0.3) is 10.2 Å². The summed E-state index contributed by atoms with van der Waals surface area (Å²) in [5.41, 5.74) is 4.14. The molecular formula is C16H15N3O2S2. The number of hydrazone groups is 1. The fraction of sp³-hybridized carbons (Fsp3) is 0.188. The summed E-state index contributed by atoms with van der Waals surface area (Å²) in [5.74, 6) is 1.57. The number of carbonyl (C=O) groups excluding carboxylic acids is 1. The third-order valence-electron chi connectivity index (χ3n) is 3.05. The van der Waals surface area contributed by atoms with Crippen LogP contribution in [0.15, 0.2) is 50.3 Å². The lowest BCUT2D eigenvalue weighted by Crippen LogP contribution is -2.21. The van der Waals surface area contributed by atoms with E-state index in [2.05, 4.69) is 15.5 Å². The predicted octanol–water partition coefficient (Wildman–Crippen LogP) is 3.83. The monoisotopic (exact) mass is 345 g/mol. The van der Waals surface area contributed by atoms with E-state index in [0.29, 0.717) is 11.5 Å². The van der Waals surface area contributed by atoms with Gasteiger partial charge in [0.05, 0.1) is 16.0 Å². The number of aromatic nitrogens is 1. The fourth-order valence-electron chi connectivity index (χ4n) is 1.90. The molecule has 0 saturated heterocycles. The van der Waals surface area contributed by atoms with Gasteiger partial charge in [0.15, 0.2) is 4.34 Å². The van der Waals surface area contributed by atoms with Crippen LogP contribution < -0.4 is 5.43 Å². The van der Waals surface area contributed by atoms with E-state index in [0.717, 1.165) is 20.3 Å². The lowest BCUT2D eigenvalue weighted by Gasteiger charge is -1.99. The van der Waals surface area contributed by atoms with Crippen LogP contribution in [0.1, 0.15) is 18.4 Å². The standard InChI is InChI=1S/C16H15N3O2S2/c1-10-7-8-13(21-10)11(2)18-19-15(20)9-22-16-17-12-5-3-4-6-14(12)23-16/h3-8H,9H2,1-2H3,(H,19,20). The largest absolute Gasteiger partial charge is 0.460 e. The Morgan fingerprint density at radius 2 is 2.17 bits per heavy atom. The Balaban J connectivity index is 1.55. The number of aryl methyl sites for hydroxylation is 1. The summed E-state index contributed by atoms with van der Waals surface area (Å²) in [5, 5.41) is 4.06. The Bertz CT molecular complexity index is 834. The molecule has 3 rings (SSSR count). The topological polar surface area (TPSA) is 67.5 Å². The number of nitrogens with one attached hydrogen (secondary N) is 1. The molecule has 0 spiro atoms. The van der Waals surface area contributed by atoms with E-state index in [1.54, 1.807) is 18.3 Å². The third kappa shape index (κ3) is 4.00. The highest BCUT2D eigenvalue weighted by atomic mass is 32.2. The fourth-order valence-corrected chi connectivity index (χ4v) is 3.76. The van der Waals surface area contributed by atoms with Crippen LogP contribution in [-0.2, 0) is 4.79 Å². The molecule has 0 atom stereocenters. The average molecular weight is 345 g/mol. The van der Waals surface area contributed by atoms with E-state index in [1.807, 2.05) is 43.3 Å². The van der Waals surface area contributed by atoms with Gasteiger partial charge in [-0.25, -0.2) is 10.4 Å². The lowest BCUT2D eigenvalue weighted by atomic mass is 10.3. The number of hydrogen-bond donors (Lipinski definition) is 1. The number of para-hydroxylation sites is 1. The molecule has 0 saturated carbocycles. The van der Waals surface area contributed by atoms with Crippen LogP contribution in [0.3, 0.4) is 0 Å². The Morgan fingerprint density at radius 1 is 1.35 bits per heavy atom. The highest BCUT2D eigenvalue weighted by molar-refractivity contribution is 8.01. The molecule has 0 radical (unpaired) electrons. The molecule has 2 aromatic heterocycles. The molecule has 23 heavy (non-hydrogen) atoms. The molecule has 0 unspecified atom stereocenters. The predicted molar refractivity (Wildman–Crippen MR) is 94.1 cm³/mol. The first-order valence-corrected chi connectivity index (χ1v) is 8.80. The maximum atomic E-state index is 11.9. The number of fused-ring (bicyclic) bond motifs is 1. The van der Waals surface area contributed by atoms with Crippen LogP contribution in [0.2, 0.25) is 0 Å². The highest BCUT2D eigenvalue weighted by Gasteiger charge is 2.08. The summed E-state index contributed by atoms with van der Waals surface area (Å²) in [7, 11) is 0. The minimum absolute atomic E-state index is 0.170. The van der Waals surface area contributed by atoms with Crippen molar-refractivity contribution in [3.05, 3.63) is 47.9 Å². The van der Waals surface area contributed by atoms with Crippen molar-refractivity contribution in [1.29, 1.82) is 0 Å². The van der Waals surface area contributed by atoms with Crippen LogP contribution in [0.5, 0.6) is 0 Å². The van der Waals surface area contributed by atoms with Crippen molar-refractivity contribution in [2.45, 2.75) is 18.2 Å². The number of furan rings is 1. The molecule has 7 heteroatoms. The van der Waals surface area contributed by atoms with Gasteiger partial charge < -0.3 is 4.42 Å². The van der Waals surface area contributed by atoms with Gasteiger partial charge in [-0.05, 0) is 38.1 Å². The average Bonchev–Trinajstić information content (AvgIpc) is 3.16. The zero-order valence-electron chi connectivity index (χ0n) is 12.7. The molecule has 0 fully saturated rings. The van der Waals surface area contributed by atoms with Crippen molar-refractivity contribution in [3.63, 3.8) is 0 Å². The van der Waals surface area contributed by atoms with E-state index >= 15 is 0 Å². The maximum absolute atomic E-state index is 11.9. The van der Waals surface area contributed by atoms with Crippen LogP contribution in [0.4, 0.5) is 0 Å². The van der Waals surface area contributed by atoms with Crippen LogP contribution in [-0.4, -0.2) is 22.4 Å².